The summed E-state index contributed by atoms with van der Waals surface area (Å²) in [4.78, 5) is 16.1. The van der Waals surface area contributed by atoms with Crippen molar-refractivity contribution in [2.45, 2.75) is 13.0 Å². The molecular weight excluding hydrogens is 395 g/mol. The van der Waals surface area contributed by atoms with Gasteiger partial charge in [0.05, 0.1) is 11.3 Å². The highest BCUT2D eigenvalue weighted by Gasteiger charge is 2.31. The van der Waals surface area contributed by atoms with Crippen molar-refractivity contribution in [2.75, 3.05) is 0 Å². The maximum atomic E-state index is 12.8. The molecule has 0 saturated heterocycles. The third kappa shape index (κ3) is 3.18. The van der Waals surface area contributed by atoms with E-state index < -0.39 is 6.36 Å². The zero-order valence-electron chi connectivity index (χ0n) is 15.4. The standard InChI is InChI=1S/C23H14F3NO3/c24-23(25,26)30-15-8-5-13(6-9-15)14-7-10-17-20(11-14)29-12-18-21(17)27-19-4-2-1-3-16(19)22(18)28/h1-11H,12H2,(H,27,28). The number of halogens is 3. The Morgan fingerprint density at radius 1 is 0.933 bits per heavy atom. The third-order valence-corrected chi connectivity index (χ3v) is 5.05. The van der Waals surface area contributed by atoms with E-state index in [0.717, 1.165) is 22.3 Å². The first-order valence-electron chi connectivity index (χ1n) is 9.16. The van der Waals surface area contributed by atoms with Gasteiger partial charge in [-0.3, -0.25) is 4.79 Å². The van der Waals surface area contributed by atoms with E-state index in [4.69, 9.17) is 4.74 Å². The molecule has 1 aromatic heterocycles. The fourth-order valence-corrected chi connectivity index (χ4v) is 3.67. The molecule has 0 bridgehead atoms. The van der Waals surface area contributed by atoms with E-state index in [1.807, 2.05) is 36.4 Å². The lowest BCUT2D eigenvalue weighted by Crippen LogP contribution is -2.18. The number of alkyl halides is 3. The second kappa shape index (κ2) is 6.66. The van der Waals surface area contributed by atoms with Gasteiger partial charge in [0.1, 0.15) is 18.1 Å². The summed E-state index contributed by atoms with van der Waals surface area (Å²) in [7, 11) is 0. The second-order valence-corrected chi connectivity index (χ2v) is 6.93. The number of aromatic nitrogens is 1. The van der Waals surface area contributed by atoms with Crippen LogP contribution in [0.15, 0.2) is 71.5 Å². The van der Waals surface area contributed by atoms with Gasteiger partial charge < -0.3 is 14.5 Å². The maximum Gasteiger partial charge on any atom is 0.573 e. The van der Waals surface area contributed by atoms with Gasteiger partial charge in [0.25, 0.3) is 0 Å². The number of para-hydroxylation sites is 1. The SMILES string of the molecule is O=c1c2c([nH]c3ccccc13)-c1ccc(-c3ccc(OC(F)(F)F)cc3)cc1OC2. The molecule has 0 atom stereocenters. The Morgan fingerprint density at radius 3 is 2.43 bits per heavy atom. The number of hydrogen-bond acceptors (Lipinski definition) is 3. The molecule has 0 fully saturated rings. The van der Waals surface area contributed by atoms with Crippen LogP contribution in [0.25, 0.3) is 33.3 Å². The van der Waals surface area contributed by atoms with E-state index in [2.05, 4.69) is 9.72 Å². The monoisotopic (exact) mass is 409 g/mol. The molecule has 0 spiro atoms. The molecule has 1 aliphatic rings. The van der Waals surface area contributed by atoms with Crippen LogP contribution >= 0.6 is 0 Å². The summed E-state index contributed by atoms with van der Waals surface area (Å²) >= 11 is 0. The molecule has 2 heterocycles. The van der Waals surface area contributed by atoms with E-state index in [-0.39, 0.29) is 17.8 Å². The minimum atomic E-state index is -4.73. The number of pyridine rings is 1. The lowest BCUT2D eigenvalue weighted by atomic mass is 9.97. The van der Waals surface area contributed by atoms with Gasteiger partial charge >= 0.3 is 6.36 Å². The van der Waals surface area contributed by atoms with Crippen LogP contribution < -0.4 is 14.9 Å². The van der Waals surface area contributed by atoms with Gasteiger partial charge in [-0.05, 0) is 47.5 Å². The number of ether oxygens (including phenoxy) is 2. The molecule has 0 unspecified atom stereocenters. The number of aromatic amines is 1. The van der Waals surface area contributed by atoms with Gasteiger partial charge in [-0.2, -0.15) is 0 Å². The van der Waals surface area contributed by atoms with Crippen LogP contribution in [0.1, 0.15) is 5.56 Å². The Morgan fingerprint density at radius 2 is 1.67 bits per heavy atom. The Hall–Kier alpha value is -3.74. The van der Waals surface area contributed by atoms with Gasteiger partial charge in [0, 0.05) is 16.5 Å². The first-order valence-corrected chi connectivity index (χ1v) is 9.16. The molecule has 3 aromatic carbocycles. The van der Waals surface area contributed by atoms with Crippen LogP contribution in [-0.2, 0) is 6.61 Å². The highest BCUT2D eigenvalue weighted by Crippen LogP contribution is 2.39. The number of H-pyrrole nitrogens is 1. The zero-order chi connectivity index (χ0) is 20.9. The summed E-state index contributed by atoms with van der Waals surface area (Å²) < 4.78 is 46.8. The number of nitrogens with one attached hydrogen (secondary N) is 1. The fourth-order valence-electron chi connectivity index (χ4n) is 3.67. The Balaban J connectivity index is 1.54. The van der Waals surface area contributed by atoms with E-state index in [1.54, 1.807) is 18.2 Å². The van der Waals surface area contributed by atoms with Crippen LogP contribution in [0.4, 0.5) is 13.2 Å². The van der Waals surface area contributed by atoms with Crippen LogP contribution in [0.5, 0.6) is 11.5 Å². The summed E-state index contributed by atoms with van der Waals surface area (Å²) in [6.45, 7) is 0.143. The number of fused-ring (bicyclic) bond motifs is 4. The molecular formula is C23H14F3NO3. The fraction of sp³-hybridized carbons (Fsp3) is 0.0870. The quantitative estimate of drug-likeness (QED) is 0.465. The average Bonchev–Trinajstić information content (AvgIpc) is 2.73. The van der Waals surface area contributed by atoms with E-state index in [0.29, 0.717) is 22.3 Å². The summed E-state index contributed by atoms with van der Waals surface area (Å²) in [5.74, 6) is 0.320. The highest BCUT2D eigenvalue weighted by atomic mass is 19.4. The average molecular weight is 409 g/mol. The smallest absolute Gasteiger partial charge is 0.488 e. The maximum absolute atomic E-state index is 12.8. The molecule has 7 heteroatoms. The van der Waals surface area contributed by atoms with E-state index >= 15 is 0 Å². The topological polar surface area (TPSA) is 51.3 Å². The first-order chi connectivity index (χ1) is 14.4. The summed E-state index contributed by atoms with van der Waals surface area (Å²) in [6.07, 6.45) is -4.73. The summed E-state index contributed by atoms with van der Waals surface area (Å²) in [6, 6.07) is 18.4. The van der Waals surface area contributed by atoms with Crippen molar-refractivity contribution in [3.8, 4) is 33.9 Å². The lowest BCUT2D eigenvalue weighted by Gasteiger charge is -2.21. The number of hydrogen-bond donors (Lipinski definition) is 1. The molecule has 1 aliphatic heterocycles. The normalized spacial score (nSPS) is 12.8. The summed E-state index contributed by atoms with van der Waals surface area (Å²) in [5.41, 5.74) is 4.24. The molecule has 0 amide bonds. The summed E-state index contributed by atoms with van der Waals surface area (Å²) in [5, 5.41) is 0.612. The Labute approximate surface area is 168 Å². The molecule has 0 radical (unpaired) electrons. The van der Waals surface area contributed by atoms with Crippen LogP contribution in [0.3, 0.4) is 0 Å². The van der Waals surface area contributed by atoms with Crippen LogP contribution in [0.2, 0.25) is 0 Å². The Kier molecular flexibility index (Phi) is 4.06. The number of rotatable bonds is 2. The van der Waals surface area contributed by atoms with E-state index in [1.165, 1.54) is 12.1 Å². The minimum absolute atomic E-state index is 0.0608. The van der Waals surface area contributed by atoms with Crippen molar-refractivity contribution in [1.29, 1.82) is 0 Å². The van der Waals surface area contributed by atoms with Crippen molar-refractivity contribution in [1.82, 2.24) is 4.98 Å². The zero-order valence-corrected chi connectivity index (χ0v) is 15.4. The lowest BCUT2D eigenvalue weighted by molar-refractivity contribution is -0.274. The van der Waals surface area contributed by atoms with Crippen molar-refractivity contribution in [3.05, 3.63) is 82.5 Å². The van der Waals surface area contributed by atoms with Crippen molar-refractivity contribution < 1.29 is 22.6 Å². The molecule has 0 aliphatic carbocycles. The molecule has 5 rings (SSSR count). The van der Waals surface area contributed by atoms with Crippen molar-refractivity contribution in [3.63, 3.8) is 0 Å². The van der Waals surface area contributed by atoms with Gasteiger partial charge in [0.2, 0.25) is 0 Å². The molecule has 30 heavy (non-hydrogen) atoms. The predicted octanol–water partition coefficient (Wildman–Crippen LogP) is 5.65. The van der Waals surface area contributed by atoms with Gasteiger partial charge in [-0.25, -0.2) is 0 Å². The van der Waals surface area contributed by atoms with Gasteiger partial charge in [-0.1, -0.05) is 30.3 Å². The molecule has 4 nitrogen and oxygen atoms in total. The molecule has 4 aromatic rings. The van der Waals surface area contributed by atoms with Crippen molar-refractivity contribution in [2.24, 2.45) is 0 Å². The van der Waals surface area contributed by atoms with Gasteiger partial charge in [-0.15, -0.1) is 13.2 Å². The minimum Gasteiger partial charge on any atom is -0.488 e. The van der Waals surface area contributed by atoms with Crippen LogP contribution in [0, 0.1) is 0 Å². The first kappa shape index (κ1) is 18.3. The Bertz CT molecular complexity index is 1320. The van der Waals surface area contributed by atoms with E-state index in [9.17, 15) is 18.0 Å². The van der Waals surface area contributed by atoms with Crippen molar-refractivity contribution >= 4 is 10.9 Å². The van der Waals surface area contributed by atoms with Gasteiger partial charge in [0.15, 0.2) is 5.43 Å². The second-order valence-electron chi connectivity index (χ2n) is 6.93. The molecule has 0 saturated carbocycles. The van der Waals surface area contributed by atoms with Crippen LogP contribution in [-0.4, -0.2) is 11.3 Å². The largest absolute Gasteiger partial charge is 0.573 e. The highest BCUT2D eigenvalue weighted by molar-refractivity contribution is 5.86. The number of benzene rings is 3. The molecule has 1 N–H and O–H groups in total. The predicted molar refractivity (Wildman–Crippen MR) is 106 cm³/mol. The molecule has 150 valence electrons. The third-order valence-electron chi connectivity index (χ3n) is 5.05.